The van der Waals surface area contributed by atoms with Gasteiger partial charge in [0, 0.05) is 44.9 Å². The molecule has 1 heterocycles. The van der Waals surface area contributed by atoms with Crippen LogP contribution in [0.2, 0.25) is 0 Å². The summed E-state index contributed by atoms with van der Waals surface area (Å²) in [5, 5.41) is 2.83. The SMILES string of the molecule is CC(C)(C)NCC(F)(F)COCCCCN1CCN(CCOC(C)(C)C)CC1. The number of hydrogen-bond acceptors (Lipinski definition) is 5. The number of halogens is 2. The molecule has 28 heavy (non-hydrogen) atoms. The van der Waals surface area contributed by atoms with Crippen molar-refractivity contribution in [2.24, 2.45) is 0 Å². The van der Waals surface area contributed by atoms with Gasteiger partial charge < -0.3 is 19.7 Å². The Balaban J connectivity index is 2.01. The third-order valence-electron chi connectivity index (χ3n) is 4.61. The Morgan fingerprint density at radius 2 is 1.39 bits per heavy atom. The summed E-state index contributed by atoms with van der Waals surface area (Å²) in [6, 6.07) is 0. The molecule has 168 valence electrons. The summed E-state index contributed by atoms with van der Waals surface area (Å²) in [5.74, 6) is -2.82. The van der Waals surface area contributed by atoms with Crippen molar-refractivity contribution in [3.8, 4) is 0 Å². The van der Waals surface area contributed by atoms with Gasteiger partial charge in [0.05, 0.1) is 18.8 Å². The second kappa shape index (κ2) is 11.7. The van der Waals surface area contributed by atoms with Crippen LogP contribution in [-0.4, -0.2) is 92.5 Å². The molecule has 1 aliphatic rings. The molecule has 1 fully saturated rings. The lowest BCUT2D eigenvalue weighted by atomic mass is 10.1. The zero-order valence-electron chi connectivity index (χ0n) is 19.0. The fraction of sp³-hybridized carbons (Fsp3) is 1.00. The Hall–Kier alpha value is -0.340. The quantitative estimate of drug-likeness (QED) is 0.503. The van der Waals surface area contributed by atoms with E-state index < -0.39 is 12.5 Å². The maximum absolute atomic E-state index is 13.7. The van der Waals surface area contributed by atoms with Crippen LogP contribution in [-0.2, 0) is 9.47 Å². The Labute approximate surface area is 171 Å². The van der Waals surface area contributed by atoms with Crippen molar-refractivity contribution in [1.82, 2.24) is 15.1 Å². The van der Waals surface area contributed by atoms with Crippen molar-refractivity contribution < 1.29 is 18.3 Å². The van der Waals surface area contributed by atoms with Gasteiger partial charge in [-0.25, -0.2) is 8.78 Å². The Bertz CT molecular complexity index is 415. The smallest absolute Gasteiger partial charge is 0.283 e. The van der Waals surface area contributed by atoms with Crippen molar-refractivity contribution >= 4 is 0 Å². The molecule has 0 spiro atoms. The van der Waals surface area contributed by atoms with Crippen molar-refractivity contribution in [1.29, 1.82) is 0 Å². The van der Waals surface area contributed by atoms with Gasteiger partial charge in [-0.3, -0.25) is 4.90 Å². The average molecular weight is 408 g/mol. The number of ether oxygens (including phenoxy) is 2. The first kappa shape index (κ1) is 25.7. The van der Waals surface area contributed by atoms with Gasteiger partial charge in [0.25, 0.3) is 5.92 Å². The summed E-state index contributed by atoms with van der Waals surface area (Å²) in [6.45, 7) is 18.5. The Morgan fingerprint density at radius 1 is 0.821 bits per heavy atom. The Kier molecular flexibility index (Phi) is 10.8. The molecule has 0 aliphatic carbocycles. The molecule has 0 radical (unpaired) electrons. The standard InChI is InChI=1S/C21H43F2N3O2/c1-19(2,3)24-17-21(22,23)18-27-15-8-7-9-25-10-12-26(13-11-25)14-16-28-20(4,5)6/h24H,7-18H2,1-6H3. The van der Waals surface area contributed by atoms with Crippen molar-refractivity contribution in [2.75, 3.05) is 65.6 Å². The summed E-state index contributed by atoms with van der Waals surface area (Å²) < 4.78 is 38.5. The maximum atomic E-state index is 13.7. The van der Waals surface area contributed by atoms with Gasteiger partial charge >= 0.3 is 0 Å². The van der Waals surface area contributed by atoms with Crippen LogP contribution >= 0.6 is 0 Å². The first-order valence-electron chi connectivity index (χ1n) is 10.7. The molecule has 1 aliphatic heterocycles. The predicted octanol–water partition coefficient (Wildman–Crippen LogP) is 3.24. The average Bonchev–Trinajstić information content (AvgIpc) is 2.56. The van der Waals surface area contributed by atoms with Gasteiger partial charge in [-0.05, 0) is 60.9 Å². The van der Waals surface area contributed by atoms with Gasteiger partial charge in [-0.1, -0.05) is 0 Å². The molecule has 1 saturated heterocycles. The molecule has 0 amide bonds. The first-order valence-corrected chi connectivity index (χ1v) is 10.7. The molecule has 0 unspecified atom stereocenters. The minimum absolute atomic E-state index is 0.0725. The van der Waals surface area contributed by atoms with Gasteiger partial charge in [-0.15, -0.1) is 0 Å². The lowest BCUT2D eigenvalue weighted by Gasteiger charge is -2.35. The van der Waals surface area contributed by atoms with Gasteiger partial charge in [0.1, 0.15) is 6.61 Å². The molecule has 1 N–H and O–H groups in total. The Morgan fingerprint density at radius 3 is 1.93 bits per heavy atom. The summed E-state index contributed by atoms with van der Waals surface area (Å²) in [4.78, 5) is 4.89. The van der Waals surface area contributed by atoms with E-state index in [1.165, 1.54) is 0 Å². The monoisotopic (exact) mass is 407 g/mol. The van der Waals surface area contributed by atoms with Crippen LogP contribution in [0.1, 0.15) is 54.4 Å². The minimum Gasteiger partial charge on any atom is -0.375 e. The van der Waals surface area contributed by atoms with Gasteiger partial charge in [-0.2, -0.15) is 0 Å². The van der Waals surface area contributed by atoms with Crippen LogP contribution < -0.4 is 5.32 Å². The fourth-order valence-electron chi connectivity index (χ4n) is 2.92. The zero-order valence-corrected chi connectivity index (χ0v) is 19.0. The zero-order chi connectivity index (χ0) is 21.3. The number of nitrogens with one attached hydrogen (secondary N) is 1. The molecule has 0 aromatic heterocycles. The highest BCUT2D eigenvalue weighted by Crippen LogP contribution is 2.15. The molecule has 0 bridgehead atoms. The van der Waals surface area contributed by atoms with Crippen LogP contribution in [0.4, 0.5) is 8.78 Å². The second-order valence-corrected chi connectivity index (χ2v) is 9.86. The number of hydrogen-bond donors (Lipinski definition) is 1. The fourth-order valence-corrected chi connectivity index (χ4v) is 2.92. The number of alkyl halides is 2. The number of unbranched alkanes of at least 4 members (excludes halogenated alkanes) is 1. The van der Waals surface area contributed by atoms with Gasteiger partial charge in [0.15, 0.2) is 0 Å². The highest BCUT2D eigenvalue weighted by Gasteiger charge is 2.30. The number of piperazine rings is 1. The summed E-state index contributed by atoms with van der Waals surface area (Å²) in [6.07, 6.45) is 1.81. The van der Waals surface area contributed by atoms with E-state index in [0.717, 1.165) is 58.7 Å². The molecule has 0 aromatic rings. The molecule has 1 rings (SSSR count). The molecule has 5 nitrogen and oxygen atoms in total. The second-order valence-electron chi connectivity index (χ2n) is 9.86. The topological polar surface area (TPSA) is 37.0 Å². The van der Waals surface area contributed by atoms with Crippen molar-refractivity contribution in [2.45, 2.75) is 71.4 Å². The summed E-state index contributed by atoms with van der Waals surface area (Å²) in [5.41, 5.74) is -0.385. The van der Waals surface area contributed by atoms with Crippen LogP contribution in [0.5, 0.6) is 0 Å². The van der Waals surface area contributed by atoms with E-state index in [9.17, 15) is 8.78 Å². The van der Waals surface area contributed by atoms with E-state index >= 15 is 0 Å². The molecule has 0 aromatic carbocycles. The third-order valence-corrected chi connectivity index (χ3v) is 4.61. The number of rotatable bonds is 12. The van der Waals surface area contributed by atoms with Crippen LogP contribution in [0.15, 0.2) is 0 Å². The van der Waals surface area contributed by atoms with Crippen LogP contribution in [0.3, 0.4) is 0 Å². The van der Waals surface area contributed by atoms with Crippen LogP contribution in [0, 0.1) is 0 Å². The van der Waals surface area contributed by atoms with E-state index in [2.05, 4.69) is 35.9 Å². The summed E-state index contributed by atoms with van der Waals surface area (Å²) in [7, 11) is 0. The largest absolute Gasteiger partial charge is 0.375 e. The van der Waals surface area contributed by atoms with E-state index in [4.69, 9.17) is 9.47 Å². The predicted molar refractivity (Wildman–Crippen MR) is 111 cm³/mol. The third kappa shape index (κ3) is 13.8. The lowest BCUT2D eigenvalue weighted by Crippen LogP contribution is -2.47. The van der Waals surface area contributed by atoms with E-state index in [-0.39, 0.29) is 17.7 Å². The van der Waals surface area contributed by atoms with E-state index in [1.807, 2.05) is 20.8 Å². The minimum atomic E-state index is -2.82. The lowest BCUT2D eigenvalue weighted by molar-refractivity contribution is -0.0781. The summed E-state index contributed by atoms with van der Waals surface area (Å²) >= 11 is 0. The molecular weight excluding hydrogens is 364 g/mol. The highest BCUT2D eigenvalue weighted by atomic mass is 19.3. The molecular formula is C21H43F2N3O2. The van der Waals surface area contributed by atoms with E-state index in [1.54, 1.807) is 0 Å². The number of nitrogens with zero attached hydrogens (tertiary/aromatic N) is 2. The molecule has 7 heteroatoms. The van der Waals surface area contributed by atoms with Crippen molar-refractivity contribution in [3.63, 3.8) is 0 Å². The molecule has 0 saturated carbocycles. The highest BCUT2D eigenvalue weighted by molar-refractivity contribution is 4.77. The van der Waals surface area contributed by atoms with Crippen molar-refractivity contribution in [3.05, 3.63) is 0 Å². The van der Waals surface area contributed by atoms with Gasteiger partial charge in [0.2, 0.25) is 0 Å². The maximum Gasteiger partial charge on any atom is 0.283 e. The normalized spacial score (nSPS) is 18.0. The first-order chi connectivity index (χ1) is 12.9. The van der Waals surface area contributed by atoms with E-state index in [0.29, 0.717) is 6.61 Å². The molecule has 0 atom stereocenters. The van der Waals surface area contributed by atoms with Crippen LogP contribution in [0.25, 0.3) is 0 Å².